The molecule has 7 nitrogen and oxygen atoms in total. The Kier molecular flexibility index (Phi) is 3.97. The van der Waals surface area contributed by atoms with Gasteiger partial charge in [-0.25, -0.2) is 9.67 Å². The van der Waals surface area contributed by atoms with E-state index in [0.29, 0.717) is 19.0 Å². The summed E-state index contributed by atoms with van der Waals surface area (Å²) >= 11 is 0. The molecule has 0 radical (unpaired) electrons. The second kappa shape index (κ2) is 6.77. The summed E-state index contributed by atoms with van der Waals surface area (Å²) in [5, 5.41) is 14.0. The number of para-hydroxylation sites is 1. The number of benzene rings is 2. The van der Waals surface area contributed by atoms with Crippen LogP contribution in [0.1, 0.15) is 17.0 Å². The molecule has 0 unspecified atom stereocenters. The summed E-state index contributed by atoms with van der Waals surface area (Å²) in [5.74, 6) is 1.53. The smallest absolute Gasteiger partial charge is 0.176 e. The molecule has 0 aliphatic rings. The molecule has 0 saturated carbocycles. The molecule has 0 aliphatic heterocycles. The highest BCUT2D eigenvalue weighted by Crippen LogP contribution is 2.20. The number of aryl methyl sites for hydroxylation is 1. The van der Waals surface area contributed by atoms with Gasteiger partial charge in [-0.15, -0.1) is 10.2 Å². The summed E-state index contributed by atoms with van der Waals surface area (Å²) in [5.41, 5.74) is 3.77. The van der Waals surface area contributed by atoms with E-state index >= 15 is 0 Å². The normalized spacial score (nSPS) is 11.3. The summed E-state index contributed by atoms with van der Waals surface area (Å²) < 4.78 is 9.65. The van der Waals surface area contributed by atoms with Gasteiger partial charge in [0, 0.05) is 0 Å². The molecule has 5 aromatic rings. The van der Waals surface area contributed by atoms with Crippen molar-refractivity contribution >= 4 is 16.7 Å². The van der Waals surface area contributed by atoms with Gasteiger partial charge in [0.1, 0.15) is 18.7 Å². The minimum atomic E-state index is 0.317. The highest BCUT2D eigenvalue weighted by Gasteiger charge is 2.14. The molecular formula is C21H18N6O. The van der Waals surface area contributed by atoms with Crippen molar-refractivity contribution in [2.45, 2.75) is 20.1 Å². The van der Waals surface area contributed by atoms with Crippen LogP contribution in [0.2, 0.25) is 0 Å². The first-order chi connectivity index (χ1) is 13.8. The van der Waals surface area contributed by atoms with Gasteiger partial charge in [-0.3, -0.25) is 4.40 Å². The van der Waals surface area contributed by atoms with Crippen LogP contribution in [-0.2, 0) is 13.2 Å². The molecule has 0 amide bonds. The highest BCUT2D eigenvalue weighted by molar-refractivity contribution is 5.88. The van der Waals surface area contributed by atoms with Gasteiger partial charge in [0.2, 0.25) is 0 Å². The quantitative estimate of drug-likeness (QED) is 0.474. The topological polar surface area (TPSA) is 70.1 Å². The van der Waals surface area contributed by atoms with E-state index < -0.39 is 0 Å². The third kappa shape index (κ3) is 2.87. The van der Waals surface area contributed by atoms with E-state index in [4.69, 9.17) is 4.74 Å². The van der Waals surface area contributed by atoms with Gasteiger partial charge >= 0.3 is 0 Å². The van der Waals surface area contributed by atoms with Gasteiger partial charge < -0.3 is 4.74 Å². The maximum absolute atomic E-state index is 5.91. The monoisotopic (exact) mass is 370 g/mol. The predicted molar refractivity (Wildman–Crippen MR) is 105 cm³/mol. The Bertz CT molecular complexity index is 1260. The minimum Gasteiger partial charge on any atom is -0.485 e. The van der Waals surface area contributed by atoms with Crippen molar-refractivity contribution in [3.05, 3.63) is 84.1 Å². The van der Waals surface area contributed by atoms with Crippen LogP contribution in [0, 0.1) is 6.92 Å². The van der Waals surface area contributed by atoms with Gasteiger partial charge in [-0.2, -0.15) is 5.10 Å². The van der Waals surface area contributed by atoms with Crippen molar-refractivity contribution in [1.29, 1.82) is 0 Å². The lowest BCUT2D eigenvalue weighted by Gasteiger charge is -2.07. The predicted octanol–water partition coefficient (Wildman–Crippen LogP) is 3.41. The number of hydrogen-bond acceptors (Lipinski definition) is 5. The van der Waals surface area contributed by atoms with Gasteiger partial charge in [0.25, 0.3) is 0 Å². The highest BCUT2D eigenvalue weighted by atomic mass is 16.5. The number of hydrogen-bond donors (Lipinski definition) is 0. The Hall–Kier alpha value is -3.74. The lowest BCUT2D eigenvalue weighted by molar-refractivity contribution is 0.292. The SMILES string of the molecule is Cc1ccccc1OCc1nnc2c3cnn(Cc4ccccc4)c3ncn12. The van der Waals surface area contributed by atoms with Crippen molar-refractivity contribution in [2.24, 2.45) is 0 Å². The van der Waals surface area contributed by atoms with E-state index in [0.717, 1.165) is 28.0 Å². The Balaban J connectivity index is 1.46. The van der Waals surface area contributed by atoms with Crippen molar-refractivity contribution in [1.82, 2.24) is 29.4 Å². The molecule has 7 heteroatoms. The van der Waals surface area contributed by atoms with Crippen LogP contribution in [0.4, 0.5) is 0 Å². The maximum Gasteiger partial charge on any atom is 0.176 e. The lowest BCUT2D eigenvalue weighted by Crippen LogP contribution is -2.05. The van der Waals surface area contributed by atoms with Gasteiger partial charge in [-0.05, 0) is 24.1 Å². The fourth-order valence-corrected chi connectivity index (χ4v) is 3.25. The summed E-state index contributed by atoms with van der Waals surface area (Å²) in [6.07, 6.45) is 3.53. The molecule has 3 aromatic heterocycles. The summed E-state index contributed by atoms with van der Waals surface area (Å²) in [6.45, 7) is 2.99. The van der Waals surface area contributed by atoms with Crippen LogP contribution in [0.5, 0.6) is 5.75 Å². The van der Waals surface area contributed by atoms with Crippen LogP contribution in [0.25, 0.3) is 16.7 Å². The third-order valence-electron chi connectivity index (χ3n) is 4.74. The second-order valence-corrected chi connectivity index (χ2v) is 6.63. The van der Waals surface area contributed by atoms with E-state index in [2.05, 4.69) is 32.4 Å². The molecule has 5 rings (SSSR count). The fourth-order valence-electron chi connectivity index (χ4n) is 3.25. The molecule has 3 heterocycles. The average molecular weight is 370 g/mol. The minimum absolute atomic E-state index is 0.317. The molecule has 0 aliphatic carbocycles. The number of rotatable bonds is 5. The maximum atomic E-state index is 5.91. The van der Waals surface area contributed by atoms with Crippen molar-refractivity contribution in [2.75, 3.05) is 0 Å². The average Bonchev–Trinajstić information content (AvgIpc) is 3.32. The molecule has 0 N–H and O–H groups in total. The number of ether oxygens (including phenoxy) is 1. The molecule has 0 bridgehead atoms. The van der Waals surface area contributed by atoms with Gasteiger partial charge in [0.15, 0.2) is 17.1 Å². The molecular weight excluding hydrogens is 352 g/mol. The zero-order valence-corrected chi connectivity index (χ0v) is 15.4. The third-order valence-corrected chi connectivity index (χ3v) is 4.74. The molecule has 0 saturated heterocycles. The first-order valence-corrected chi connectivity index (χ1v) is 9.06. The van der Waals surface area contributed by atoms with Crippen LogP contribution >= 0.6 is 0 Å². The molecule has 28 heavy (non-hydrogen) atoms. The van der Waals surface area contributed by atoms with Gasteiger partial charge in [0.05, 0.1) is 18.1 Å². The number of nitrogens with zero attached hydrogens (tertiary/aromatic N) is 6. The molecule has 0 fully saturated rings. The number of fused-ring (bicyclic) bond motifs is 3. The summed E-state index contributed by atoms with van der Waals surface area (Å²) in [7, 11) is 0. The Morgan fingerprint density at radius 2 is 1.75 bits per heavy atom. The summed E-state index contributed by atoms with van der Waals surface area (Å²) in [6, 6.07) is 18.1. The summed E-state index contributed by atoms with van der Waals surface area (Å²) in [4.78, 5) is 4.60. The van der Waals surface area contributed by atoms with Crippen LogP contribution in [0.15, 0.2) is 67.1 Å². The molecule has 0 spiro atoms. The molecule has 2 aromatic carbocycles. The second-order valence-electron chi connectivity index (χ2n) is 6.63. The largest absolute Gasteiger partial charge is 0.485 e. The van der Waals surface area contributed by atoms with Crippen LogP contribution < -0.4 is 4.74 Å². The fraction of sp³-hybridized carbons (Fsp3) is 0.143. The van der Waals surface area contributed by atoms with E-state index in [9.17, 15) is 0 Å². The van der Waals surface area contributed by atoms with E-state index in [1.54, 1.807) is 12.5 Å². The zero-order valence-electron chi connectivity index (χ0n) is 15.4. The van der Waals surface area contributed by atoms with E-state index in [-0.39, 0.29) is 0 Å². The standard InChI is InChI=1S/C21H18N6O/c1-15-7-5-6-10-18(15)28-13-19-24-25-21-17-11-23-27(20(17)22-14-26(19)21)12-16-8-3-2-4-9-16/h2-11,14H,12-13H2,1H3. The van der Waals surface area contributed by atoms with Crippen LogP contribution in [-0.4, -0.2) is 29.4 Å². The first kappa shape index (κ1) is 16.4. The number of aromatic nitrogens is 6. The Morgan fingerprint density at radius 1 is 0.929 bits per heavy atom. The first-order valence-electron chi connectivity index (χ1n) is 9.06. The lowest BCUT2D eigenvalue weighted by atomic mass is 10.2. The Morgan fingerprint density at radius 3 is 2.61 bits per heavy atom. The molecule has 0 atom stereocenters. The Labute approximate surface area is 161 Å². The zero-order chi connectivity index (χ0) is 18.9. The van der Waals surface area contributed by atoms with E-state index in [1.165, 1.54) is 5.56 Å². The molecule has 138 valence electrons. The van der Waals surface area contributed by atoms with Crippen molar-refractivity contribution in [3.63, 3.8) is 0 Å². The van der Waals surface area contributed by atoms with Crippen molar-refractivity contribution in [3.8, 4) is 5.75 Å². The van der Waals surface area contributed by atoms with Crippen LogP contribution in [0.3, 0.4) is 0 Å². The van der Waals surface area contributed by atoms with E-state index in [1.807, 2.05) is 58.5 Å². The van der Waals surface area contributed by atoms with Gasteiger partial charge in [-0.1, -0.05) is 48.5 Å². The van der Waals surface area contributed by atoms with Crippen molar-refractivity contribution < 1.29 is 4.74 Å².